The van der Waals surface area contributed by atoms with Crippen molar-refractivity contribution in [2.24, 2.45) is 0 Å². The molecule has 0 fully saturated rings. The molecule has 0 saturated carbocycles. The molecular weight excluding hydrogens is 562 g/mol. The summed E-state index contributed by atoms with van der Waals surface area (Å²) >= 11 is 0. The summed E-state index contributed by atoms with van der Waals surface area (Å²) in [6.07, 6.45) is 8.69. The van der Waals surface area contributed by atoms with Gasteiger partial charge in [-0.2, -0.15) is 0 Å². The van der Waals surface area contributed by atoms with Crippen molar-refractivity contribution in [2.45, 2.75) is 0 Å². The molecule has 8 heteroatoms. The fourth-order valence-corrected chi connectivity index (χ4v) is 6.23. The molecule has 0 amide bonds. The van der Waals surface area contributed by atoms with E-state index < -0.39 is 0 Å². The van der Waals surface area contributed by atoms with Crippen LogP contribution in [0.4, 0.5) is 0 Å². The van der Waals surface area contributed by atoms with Crippen LogP contribution in [-0.2, 0) is 0 Å². The van der Waals surface area contributed by atoms with Gasteiger partial charge in [-0.3, -0.25) is 9.97 Å². The molecule has 0 aliphatic rings. The zero-order valence-corrected chi connectivity index (χ0v) is 23.4. The molecule has 0 aliphatic carbocycles. The topological polar surface area (TPSA) is 104 Å². The number of furan rings is 3. The van der Waals surface area contributed by atoms with E-state index in [1.165, 1.54) is 0 Å². The van der Waals surface area contributed by atoms with Crippen LogP contribution in [0.25, 0.3) is 99.7 Å². The van der Waals surface area contributed by atoms with Gasteiger partial charge < -0.3 is 13.3 Å². The molecule has 45 heavy (non-hydrogen) atoms. The van der Waals surface area contributed by atoms with Crippen LogP contribution >= 0.6 is 0 Å². The highest BCUT2D eigenvalue weighted by Crippen LogP contribution is 2.37. The molecule has 6 heterocycles. The first kappa shape index (κ1) is 24.1. The van der Waals surface area contributed by atoms with Gasteiger partial charge in [0.2, 0.25) is 0 Å². The Morgan fingerprint density at radius 3 is 1.22 bits per heavy atom. The number of hydrogen-bond donors (Lipinski definition) is 0. The van der Waals surface area contributed by atoms with Crippen molar-refractivity contribution in [1.29, 1.82) is 0 Å². The van der Waals surface area contributed by atoms with Crippen LogP contribution in [0.3, 0.4) is 0 Å². The Bertz CT molecular complexity index is 2790. The van der Waals surface area contributed by atoms with Gasteiger partial charge in [0.1, 0.15) is 39.8 Å². The van der Waals surface area contributed by atoms with Gasteiger partial charge in [0, 0.05) is 68.2 Å². The normalized spacial score (nSPS) is 12.0. The Morgan fingerprint density at radius 2 is 0.756 bits per heavy atom. The molecule has 0 bridgehead atoms. The molecule has 10 aromatic rings. The van der Waals surface area contributed by atoms with Crippen molar-refractivity contribution < 1.29 is 13.3 Å². The van der Waals surface area contributed by atoms with Gasteiger partial charge in [-0.15, -0.1) is 0 Å². The highest BCUT2D eigenvalue weighted by molar-refractivity contribution is 6.09. The molecule has 4 aromatic carbocycles. The maximum atomic E-state index is 6.22. The van der Waals surface area contributed by atoms with Crippen LogP contribution in [-0.4, -0.2) is 24.9 Å². The van der Waals surface area contributed by atoms with E-state index in [4.69, 9.17) is 18.2 Å². The molecule has 10 rings (SSSR count). The summed E-state index contributed by atoms with van der Waals surface area (Å²) in [5.41, 5.74) is 8.78. The number of aromatic nitrogens is 5. The second-order valence-electron chi connectivity index (χ2n) is 11.0. The van der Waals surface area contributed by atoms with Crippen molar-refractivity contribution in [3.63, 3.8) is 0 Å². The third-order valence-corrected chi connectivity index (χ3v) is 8.43. The van der Waals surface area contributed by atoms with Crippen molar-refractivity contribution in [1.82, 2.24) is 24.9 Å². The lowest BCUT2D eigenvalue weighted by Crippen LogP contribution is -1.95. The zero-order chi connectivity index (χ0) is 29.5. The minimum atomic E-state index is 0.580. The smallest absolute Gasteiger partial charge is 0.163 e. The molecule has 0 spiro atoms. The Hall–Kier alpha value is -6.41. The minimum Gasteiger partial charge on any atom is -0.456 e. The number of hydrogen-bond acceptors (Lipinski definition) is 8. The maximum absolute atomic E-state index is 6.22. The lowest BCUT2D eigenvalue weighted by Gasteiger charge is -2.04. The third kappa shape index (κ3) is 3.69. The first-order valence-electron chi connectivity index (χ1n) is 14.4. The zero-order valence-electron chi connectivity index (χ0n) is 23.4. The van der Waals surface area contributed by atoms with Crippen LogP contribution in [0.15, 0.2) is 129 Å². The van der Waals surface area contributed by atoms with Crippen LogP contribution in [0.1, 0.15) is 0 Å². The molecule has 0 radical (unpaired) electrons. The molecule has 0 atom stereocenters. The van der Waals surface area contributed by atoms with Gasteiger partial charge in [0.25, 0.3) is 0 Å². The quantitative estimate of drug-likeness (QED) is 0.203. The fourth-order valence-electron chi connectivity index (χ4n) is 6.23. The highest BCUT2D eigenvalue weighted by Gasteiger charge is 2.15. The summed E-state index contributed by atoms with van der Waals surface area (Å²) in [5.74, 6) is 1.16. The van der Waals surface area contributed by atoms with Crippen molar-refractivity contribution in [2.75, 3.05) is 0 Å². The van der Waals surface area contributed by atoms with Gasteiger partial charge in [-0.1, -0.05) is 12.1 Å². The van der Waals surface area contributed by atoms with Crippen LogP contribution in [0, 0.1) is 0 Å². The highest BCUT2D eigenvalue weighted by atomic mass is 16.3. The summed E-state index contributed by atoms with van der Waals surface area (Å²) < 4.78 is 18.2. The molecule has 0 unspecified atom stereocenters. The minimum absolute atomic E-state index is 0.580. The van der Waals surface area contributed by atoms with Gasteiger partial charge in [0.05, 0.1) is 0 Å². The number of rotatable bonds is 3. The monoisotopic (exact) mass is 581 g/mol. The van der Waals surface area contributed by atoms with Gasteiger partial charge >= 0.3 is 0 Å². The van der Waals surface area contributed by atoms with Crippen molar-refractivity contribution in [3.8, 4) is 33.9 Å². The number of nitrogens with zero attached hydrogens (tertiary/aromatic N) is 5. The average Bonchev–Trinajstić information content (AvgIpc) is 3.78. The summed E-state index contributed by atoms with van der Waals surface area (Å²) in [6, 6.07) is 28.3. The lowest BCUT2D eigenvalue weighted by atomic mass is 10.0. The number of pyridine rings is 2. The van der Waals surface area contributed by atoms with Gasteiger partial charge in [0.15, 0.2) is 11.6 Å². The van der Waals surface area contributed by atoms with E-state index >= 15 is 0 Å². The van der Waals surface area contributed by atoms with Crippen LogP contribution < -0.4 is 0 Å². The Morgan fingerprint density at radius 1 is 0.378 bits per heavy atom. The first-order valence-corrected chi connectivity index (χ1v) is 14.4. The van der Waals surface area contributed by atoms with Gasteiger partial charge in [-0.25, -0.2) is 15.0 Å². The molecule has 0 N–H and O–H groups in total. The lowest BCUT2D eigenvalue weighted by molar-refractivity contribution is 0.668. The Balaban J connectivity index is 1.07. The summed E-state index contributed by atoms with van der Waals surface area (Å²) in [7, 11) is 0. The SMILES string of the molecule is c1cc2oc3ccc(-c4ccc5oc6ccc(-c7ncnc(-c8ccc9oc%10ccncc%10c9c8)n7)cc6c5c4)cc3c2cn1. The van der Waals surface area contributed by atoms with Crippen LogP contribution in [0.2, 0.25) is 0 Å². The largest absolute Gasteiger partial charge is 0.456 e. The second-order valence-corrected chi connectivity index (χ2v) is 11.0. The molecule has 6 aromatic heterocycles. The fraction of sp³-hybridized carbons (Fsp3) is 0. The summed E-state index contributed by atoms with van der Waals surface area (Å²) in [6.45, 7) is 0. The van der Waals surface area contributed by atoms with E-state index in [-0.39, 0.29) is 0 Å². The Labute approximate surface area is 253 Å². The summed E-state index contributed by atoms with van der Waals surface area (Å²) in [4.78, 5) is 22.4. The Kier molecular flexibility index (Phi) is 4.84. The average molecular weight is 582 g/mol. The molecular formula is C37H19N5O3. The standard InChI is InChI=1S/C37H19N5O3/c1-5-30-24(13-20(1)21-2-6-32-26(14-21)28-17-38-11-9-34(28)44-32)25-15-22(3-7-31(25)43-30)36-40-19-41-37(42-36)23-4-8-33-27(16-23)29-18-39-12-10-35(29)45-33/h1-19H. The van der Waals surface area contributed by atoms with E-state index in [0.29, 0.717) is 11.6 Å². The molecule has 0 saturated heterocycles. The van der Waals surface area contributed by atoms with Crippen LogP contribution in [0.5, 0.6) is 0 Å². The van der Waals surface area contributed by atoms with Crippen molar-refractivity contribution in [3.05, 3.63) is 116 Å². The molecule has 0 aliphatic heterocycles. The third-order valence-electron chi connectivity index (χ3n) is 8.43. The predicted octanol–water partition coefficient (Wildman–Crippen LogP) is 9.36. The predicted molar refractivity (Wildman–Crippen MR) is 174 cm³/mol. The van der Waals surface area contributed by atoms with E-state index in [2.05, 4.69) is 50.3 Å². The summed E-state index contributed by atoms with van der Waals surface area (Å²) in [5, 5.41) is 5.97. The van der Waals surface area contributed by atoms with E-state index in [9.17, 15) is 0 Å². The van der Waals surface area contributed by atoms with Crippen molar-refractivity contribution >= 4 is 65.8 Å². The first-order chi connectivity index (χ1) is 22.2. The molecule has 210 valence electrons. The van der Waals surface area contributed by atoms with E-state index in [1.54, 1.807) is 18.7 Å². The number of fused-ring (bicyclic) bond motifs is 9. The molecule has 8 nitrogen and oxygen atoms in total. The van der Waals surface area contributed by atoms with E-state index in [0.717, 1.165) is 88.1 Å². The second kappa shape index (κ2) is 9.05. The van der Waals surface area contributed by atoms with Gasteiger partial charge in [-0.05, 0) is 83.9 Å². The van der Waals surface area contributed by atoms with E-state index in [1.807, 2.05) is 67.0 Å². The maximum Gasteiger partial charge on any atom is 0.163 e. The number of benzene rings is 4.